The van der Waals surface area contributed by atoms with Gasteiger partial charge < -0.3 is 15.4 Å². The molecule has 2 heterocycles. The Hall–Kier alpha value is -1.56. The van der Waals surface area contributed by atoms with Crippen molar-refractivity contribution in [2.24, 2.45) is 0 Å². The number of carbonyl (C=O) groups is 1. The summed E-state index contributed by atoms with van der Waals surface area (Å²) in [5.41, 5.74) is 5.50. The third kappa shape index (κ3) is 2.97. The summed E-state index contributed by atoms with van der Waals surface area (Å²) in [6, 6.07) is 1.96. The van der Waals surface area contributed by atoms with Crippen LogP contribution in [0.3, 0.4) is 0 Å². The van der Waals surface area contributed by atoms with Gasteiger partial charge >= 0.3 is 0 Å². The number of hydrogen-bond acceptors (Lipinski definition) is 4. The van der Waals surface area contributed by atoms with E-state index in [9.17, 15) is 4.79 Å². The van der Waals surface area contributed by atoms with Crippen LogP contribution in [-0.4, -0.2) is 46.9 Å². The standard InChI is InChI=1S/C11H18N4O2/c1-14(9-3-6-17-7-4-9)11(16)8-15-5-2-10(12)13-15/h2,5,9H,3-4,6-8H2,1H3,(H2,12,13). The molecule has 1 aromatic heterocycles. The van der Waals surface area contributed by atoms with Crippen molar-refractivity contribution in [1.82, 2.24) is 14.7 Å². The van der Waals surface area contributed by atoms with Crippen molar-refractivity contribution in [1.29, 1.82) is 0 Å². The number of nitrogens with two attached hydrogens (primary N) is 1. The van der Waals surface area contributed by atoms with Crippen molar-refractivity contribution in [2.75, 3.05) is 26.0 Å². The van der Waals surface area contributed by atoms with E-state index in [4.69, 9.17) is 10.5 Å². The molecule has 2 rings (SSSR count). The maximum atomic E-state index is 12.0. The van der Waals surface area contributed by atoms with Crippen molar-refractivity contribution in [3.63, 3.8) is 0 Å². The summed E-state index contributed by atoms with van der Waals surface area (Å²) in [5.74, 6) is 0.492. The van der Waals surface area contributed by atoms with Gasteiger partial charge in [0.05, 0.1) is 0 Å². The van der Waals surface area contributed by atoms with Gasteiger partial charge in [-0.25, -0.2) is 0 Å². The Morgan fingerprint density at radius 3 is 2.94 bits per heavy atom. The molecule has 6 nitrogen and oxygen atoms in total. The van der Waals surface area contributed by atoms with Crippen LogP contribution in [-0.2, 0) is 16.1 Å². The maximum absolute atomic E-state index is 12.0. The van der Waals surface area contributed by atoms with Crippen LogP contribution in [0.1, 0.15) is 12.8 Å². The zero-order valence-corrected chi connectivity index (χ0v) is 10.0. The number of rotatable bonds is 3. The van der Waals surface area contributed by atoms with E-state index >= 15 is 0 Å². The summed E-state index contributed by atoms with van der Waals surface area (Å²) in [4.78, 5) is 13.8. The molecule has 0 spiro atoms. The summed E-state index contributed by atoms with van der Waals surface area (Å²) >= 11 is 0. The highest BCUT2D eigenvalue weighted by Crippen LogP contribution is 2.13. The largest absolute Gasteiger partial charge is 0.382 e. The number of nitrogens with zero attached hydrogens (tertiary/aromatic N) is 3. The average molecular weight is 238 g/mol. The predicted octanol–water partition coefficient (Wildman–Crippen LogP) is 0.103. The lowest BCUT2D eigenvalue weighted by atomic mass is 10.1. The molecule has 1 aliphatic rings. The Bertz CT molecular complexity index is 385. The SMILES string of the molecule is CN(C(=O)Cn1ccc(N)n1)C1CCOCC1. The van der Waals surface area contributed by atoms with Crippen LogP contribution in [0.5, 0.6) is 0 Å². The fourth-order valence-corrected chi connectivity index (χ4v) is 1.99. The molecule has 1 saturated heterocycles. The second-order valence-corrected chi connectivity index (χ2v) is 4.29. The van der Waals surface area contributed by atoms with Crippen LogP contribution in [0, 0.1) is 0 Å². The molecular weight excluding hydrogens is 220 g/mol. The third-order valence-electron chi connectivity index (χ3n) is 3.09. The van der Waals surface area contributed by atoms with Crippen LogP contribution in [0.15, 0.2) is 12.3 Å². The molecule has 0 saturated carbocycles. The van der Waals surface area contributed by atoms with Gasteiger partial charge in [-0.3, -0.25) is 9.48 Å². The average Bonchev–Trinajstić information content (AvgIpc) is 2.75. The minimum atomic E-state index is 0.0556. The van der Waals surface area contributed by atoms with Gasteiger partial charge in [0.15, 0.2) is 0 Å². The molecule has 6 heteroatoms. The summed E-state index contributed by atoms with van der Waals surface area (Å²) in [6.45, 7) is 1.71. The molecule has 0 bridgehead atoms. The van der Waals surface area contributed by atoms with E-state index in [2.05, 4.69) is 5.10 Å². The fraction of sp³-hybridized carbons (Fsp3) is 0.636. The number of nitrogen functional groups attached to an aromatic ring is 1. The van der Waals surface area contributed by atoms with Gasteiger partial charge in [0.2, 0.25) is 5.91 Å². The van der Waals surface area contributed by atoms with Gasteiger partial charge in [0.25, 0.3) is 0 Å². The van der Waals surface area contributed by atoms with E-state index < -0.39 is 0 Å². The second-order valence-electron chi connectivity index (χ2n) is 4.29. The normalized spacial score (nSPS) is 17.0. The summed E-state index contributed by atoms with van der Waals surface area (Å²) in [7, 11) is 1.84. The minimum absolute atomic E-state index is 0.0556. The highest BCUT2D eigenvalue weighted by atomic mass is 16.5. The minimum Gasteiger partial charge on any atom is -0.382 e. The van der Waals surface area contributed by atoms with E-state index in [0.29, 0.717) is 5.82 Å². The smallest absolute Gasteiger partial charge is 0.244 e. The number of anilines is 1. The Morgan fingerprint density at radius 2 is 2.35 bits per heavy atom. The molecule has 17 heavy (non-hydrogen) atoms. The summed E-state index contributed by atoms with van der Waals surface area (Å²) in [6.07, 6.45) is 3.53. The van der Waals surface area contributed by atoms with Gasteiger partial charge in [-0.1, -0.05) is 0 Å². The topological polar surface area (TPSA) is 73.4 Å². The van der Waals surface area contributed by atoms with Gasteiger partial charge in [0.1, 0.15) is 12.4 Å². The van der Waals surface area contributed by atoms with E-state index in [0.717, 1.165) is 26.1 Å². The number of likely N-dealkylation sites (N-methyl/N-ethyl adjacent to an activating group) is 1. The van der Waals surface area contributed by atoms with Crippen LogP contribution in [0.4, 0.5) is 5.82 Å². The van der Waals surface area contributed by atoms with Crippen molar-refractivity contribution in [2.45, 2.75) is 25.4 Å². The van der Waals surface area contributed by atoms with E-state index in [1.54, 1.807) is 21.8 Å². The fourth-order valence-electron chi connectivity index (χ4n) is 1.99. The lowest BCUT2D eigenvalue weighted by Crippen LogP contribution is -2.42. The lowest BCUT2D eigenvalue weighted by molar-refractivity contribution is -0.134. The molecule has 0 aliphatic carbocycles. The van der Waals surface area contributed by atoms with Crippen LogP contribution in [0.2, 0.25) is 0 Å². The van der Waals surface area contributed by atoms with E-state index in [1.165, 1.54) is 0 Å². The number of carbonyl (C=O) groups excluding carboxylic acids is 1. The van der Waals surface area contributed by atoms with Crippen LogP contribution >= 0.6 is 0 Å². The second kappa shape index (κ2) is 5.18. The van der Waals surface area contributed by atoms with Gasteiger partial charge in [0, 0.05) is 32.5 Å². The zero-order valence-electron chi connectivity index (χ0n) is 10.0. The number of ether oxygens (including phenoxy) is 1. The van der Waals surface area contributed by atoms with Crippen molar-refractivity contribution < 1.29 is 9.53 Å². The number of hydrogen-bond donors (Lipinski definition) is 1. The molecule has 1 fully saturated rings. The predicted molar refractivity (Wildman–Crippen MR) is 63.3 cm³/mol. The molecule has 0 radical (unpaired) electrons. The van der Waals surface area contributed by atoms with Crippen molar-refractivity contribution in [3.05, 3.63) is 12.3 Å². The molecule has 2 N–H and O–H groups in total. The molecule has 1 amide bonds. The van der Waals surface area contributed by atoms with Gasteiger partial charge in [-0.15, -0.1) is 0 Å². The first-order chi connectivity index (χ1) is 8.16. The van der Waals surface area contributed by atoms with E-state index in [1.807, 2.05) is 7.05 Å². The molecule has 1 aliphatic heterocycles. The first-order valence-corrected chi connectivity index (χ1v) is 5.79. The molecular formula is C11H18N4O2. The Kier molecular flexibility index (Phi) is 3.63. The third-order valence-corrected chi connectivity index (χ3v) is 3.09. The lowest BCUT2D eigenvalue weighted by Gasteiger charge is -2.31. The number of amides is 1. The van der Waals surface area contributed by atoms with Gasteiger partial charge in [-0.2, -0.15) is 5.10 Å². The monoisotopic (exact) mass is 238 g/mol. The summed E-state index contributed by atoms with van der Waals surface area (Å²) in [5, 5.41) is 4.00. The molecule has 0 atom stereocenters. The molecule has 1 aromatic rings. The molecule has 94 valence electrons. The first kappa shape index (κ1) is 11.9. The highest BCUT2D eigenvalue weighted by molar-refractivity contribution is 5.76. The summed E-state index contributed by atoms with van der Waals surface area (Å²) < 4.78 is 6.84. The molecule has 0 unspecified atom stereocenters. The Balaban J connectivity index is 1.90. The van der Waals surface area contributed by atoms with E-state index in [-0.39, 0.29) is 18.5 Å². The number of aromatic nitrogens is 2. The van der Waals surface area contributed by atoms with Crippen molar-refractivity contribution in [3.8, 4) is 0 Å². The first-order valence-electron chi connectivity index (χ1n) is 5.79. The zero-order chi connectivity index (χ0) is 12.3. The Labute approximate surface area is 100 Å². The quantitative estimate of drug-likeness (QED) is 0.810. The van der Waals surface area contributed by atoms with Crippen molar-refractivity contribution >= 4 is 11.7 Å². The Morgan fingerprint density at radius 1 is 1.65 bits per heavy atom. The highest BCUT2D eigenvalue weighted by Gasteiger charge is 2.22. The van der Waals surface area contributed by atoms with Crippen LogP contribution < -0.4 is 5.73 Å². The van der Waals surface area contributed by atoms with Gasteiger partial charge in [-0.05, 0) is 18.9 Å². The van der Waals surface area contributed by atoms with Crippen LogP contribution in [0.25, 0.3) is 0 Å². The maximum Gasteiger partial charge on any atom is 0.244 e. The molecule has 0 aromatic carbocycles.